The first-order chi connectivity index (χ1) is 13.7. The first-order valence-corrected chi connectivity index (χ1v) is 10.5. The number of amides is 1. The van der Waals surface area contributed by atoms with Crippen LogP contribution in [0.15, 0.2) is 60.0 Å². The maximum absolute atomic E-state index is 12.7. The van der Waals surface area contributed by atoms with Crippen molar-refractivity contribution in [2.45, 2.75) is 6.42 Å². The molecule has 1 N–H and O–H groups in total. The van der Waals surface area contributed by atoms with Crippen molar-refractivity contribution in [1.82, 2.24) is 9.88 Å². The number of piperazine rings is 1. The summed E-state index contributed by atoms with van der Waals surface area (Å²) >= 11 is 7.48. The number of halogens is 1. The molecule has 0 unspecified atom stereocenters. The highest BCUT2D eigenvalue weighted by Gasteiger charge is 2.22. The van der Waals surface area contributed by atoms with Gasteiger partial charge in [0.1, 0.15) is 0 Å². The molecule has 28 heavy (non-hydrogen) atoms. The third-order valence-electron chi connectivity index (χ3n) is 4.73. The molecule has 144 valence electrons. The number of anilines is 3. The normalized spacial score (nSPS) is 14.2. The lowest BCUT2D eigenvalue weighted by atomic mass is 10.2. The molecule has 1 aromatic heterocycles. The Bertz CT molecular complexity index is 921. The van der Waals surface area contributed by atoms with Gasteiger partial charge in [0.2, 0.25) is 5.91 Å². The molecular formula is C21H21ClN4OS. The third kappa shape index (κ3) is 4.64. The molecule has 0 saturated carbocycles. The fraction of sp³-hybridized carbons (Fsp3) is 0.238. The minimum Gasteiger partial charge on any atom is -0.368 e. The van der Waals surface area contributed by atoms with Gasteiger partial charge in [-0.05, 0) is 36.4 Å². The Kier molecular flexibility index (Phi) is 5.78. The standard InChI is InChI=1S/C21H21ClN4OS/c22-16-6-8-19(9-7-16)25-10-12-26(13-11-25)20(27)14-18-15-28-21(24-18)23-17-4-2-1-3-5-17/h1-9,15H,10-14H2,(H,23,24). The molecule has 1 saturated heterocycles. The maximum Gasteiger partial charge on any atom is 0.228 e. The summed E-state index contributed by atoms with van der Waals surface area (Å²) in [6, 6.07) is 17.8. The fourth-order valence-corrected chi connectivity index (χ4v) is 4.08. The van der Waals surface area contributed by atoms with Crippen molar-refractivity contribution in [2.24, 2.45) is 0 Å². The quantitative estimate of drug-likeness (QED) is 0.673. The minimum atomic E-state index is 0.132. The van der Waals surface area contributed by atoms with Crippen LogP contribution in [-0.2, 0) is 11.2 Å². The Hall–Kier alpha value is -2.57. The molecule has 3 aromatic rings. The lowest BCUT2D eigenvalue weighted by Crippen LogP contribution is -2.49. The molecule has 7 heteroatoms. The van der Waals surface area contributed by atoms with Crippen LogP contribution in [0.3, 0.4) is 0 Å². The second kappa shape index (κ2) is 8.63. The van der Waals surface area contributed by atoms with E-state index in [9.17, 15) is 4.79 Å². The van der Waals surface area contributed by atoms with Crippen molar-refractivity contribution in [3.63, 3.8) is 0 Å². The monoisotopic (exact) mass is 412 g/mol. The third-order valence-corrected chi connectivity index (χ3v) is 5.79. The number of hydrogen-bond acceptors (Lipinski definition) is 5. The highest BCUT2D eigenvalue weighted by molar-refractivity contribution is 7.13. The number of carbonyl (C=O) groups is 1. The maximum atomic E-state index is 12.7. The van der Waals surface area contributed by atoms with Gasteiger partial charge in [-0.1, -0.05) is 29.8 Å². The zero-order valence-electron chi connectivity index (χ0n) is 15.3. The van der Waals surface area contributed by atoms with Gasteiger partial charge in [-0.25, -0.2) is 4.98 Å². The van der Waals surface area contributed by atoms with Gasteiger partial charge in [0.15, 0.2) is 5.13 Å². The summed E-state index contributed by atoms with van der Waals surface area (Å²) in [7, 11) is 0. The van der Waals surface area contributed by atoms with Gasteiger partial charge in [0.05, 0.1) is 12.1 Å². The topological polar surface area (TPSA) is 48.5 Å². The van der Waals surface area contributed by atoms with E-state index in [2.05, 4.69) is 15.2 Å². The van der Waals surface area contributed by atoms with Crippen LogP contribution in [0, 0.1) is 0 Å². The molecule has 0 atom stereocenters. The van der Waals surface area contributed by atoms with Gasteiger partial charge >= 0.3 is 0 Å². The molecule has 1 aliphatic rings. The van der Waals surface area contributed by atoms with Crippen LogP contribution in [0.4, 0.5) is 16.5 Å². The Morgan fingerprint density at radius 3 is 2.46 bits per heavy atom. The van der Waals surface area contributed by atoms with Crippen molar-refractivity contribution in [3.8, 4) is 0 Å². The highest BCUT2D eigenvalue weighted by Crippen LogP contribution is 2.22. The summed E-state index contributed by atoms with van der Waals surface area (Å²) in [5.41, 5.74) is 2.95. The lowest BCUT2D eigenvalue weighted by Gasteiger charge is -2.36. The number of aromatic nitrogens is 1. The summed E-state index contributed by atoms with van der Waals surface area (Å²) in [5.74, 6) is 0.132. The van der Waals surface area contributed by atoms with E-state index < -0.39 is 0 Å². The summed E-state index contributed by atoms with van der Waals surface area (Å²) in [6.45, 7) is 3.10. The number of nitrogens with one attached hydrogen (secondary N) is 1. The molecule has 1 fully saturated rings. The van der Waals surface area contributed by atoms with Crippen molar-refractivity contribution < 1.29 is 4.79 Å². The second-order valence-corrected chi connectivity index (χ2v) is 7.95. The van der Waals surface area contributed by atoms with Crippen LogP contribution in [0.5, 0.6) is 0 Å². The average Bonchev–Trinajstić information content (AvgIpc) is 3.16. The number of thiazole rings is 1. The first kappa shape index (κ1) is 18.8. The fourth-order valence-electron chi connectivity index (χ4n) is 3.22. The number of rotatable bonds is 5. The molecule has 4 rings (SSSR count). The molecule has 5 nitrogen and oxygen atoms in total. The summed E-state index contributed by atoms with van der Waals surface area (Å²) < 4.78 is 0. The van der Waals surface area contributed by atoms with E-state index in [1.165, 1.54) is 11.3 Å². The molecular weight excluding hydrogens is 392 g/mol. The molecule has 0 spiro atoms. The zero-order chi connectivity index (χ0) is 19.3. The molecule has 1 amide bonds. The van der Waals surface area contributed by atoms with Gasteiger partial charge < -0.3 is 15.1 Å². The Labute approximate surface area is 173 Å². The first-order valence-electron chi connectivity index (χ1n) is 9.22. The predicted octanol–water partition coefficient (Wildman–Crippen LogP) is 4.43. The predicted molar refractivity (Wildman–Crippen MR) is 116 cm³/mol. The number of carbonyl (C=O) groups excluding carboxylic acids is 1. The molecule has 0 bridgehead atoms. The summed E-state index contributed by atoms with van der Waals surface area (Å²) in [4.78, 5) is 21.4. The van der Waals surface area contributed by atoms with Crippen molar-refractivity contribution >= 4 is 45.4 Å². The number of hydrogen-bond donors (Lipinski definition) is 1. The van der Waals surface area contributed by atoms with E-state index in [1.807, 2.05) is 64.9 Å². The van der Waals surface area contributed by atoms with Crippen LogP contribution in [0.2, 0.25) is 5.02 Å². The zero-order valence-corrected chi connectivity index (χ0v) is 16.9. The minimum absolute atomic E-state index is 0.132. The molecule has 0 aliphatic carbocycles. The second-order valence-electron chi connectivity index (χ2n) is 6.66. The molecule has 2 aromatic carbocycles. The largest absolute Gasteiger partial charge is 0.368 e. The summed E-state index contributed by atoms with van der Waals surface area (Å²) in [6.07, 6.45) is 0.341. The Balaban J connectivity index is 1.29. The van der Waals surface area contributed by atoms with Crippen LogP contribution < -0.4 is 10.2 Å². The van der Waals surface area contributed by atoms with Crippen LogP contribution in [-0.4, -0.2) is 42.0 Å². The molecule has 1 aliphatic heterocycles. The molecule has 2 heterocycles. The average molecular weight is 413 g/mol. The molecule has 0 radical (unpaired) electrons. The highest BCUT2D eigenvalue weighted by atomic mass is 35.5. The van der Waals surface area contributed by atoms with Gasteiger partial charge in [-0.2, -0.15) is 0 Å². The van der Waals surface area contributed by atoms with E-state index in [0.29, 0.717) is 6.42 Å². The van der Waals surface area contributed by atoms with E-state index in [0.717, 1.165) is 53.4 Å². The van der Waals surface area contributed by atoms with Crippen molar-refractivity contribution in [1.29, 1.82) is 0 Å². The van der Waals surface area contributed by atoms with Crippen LogP contribution in [0.1, 0.15) is 5.69 Å². The SMILES string of the molecule is O=C(Cc1csc(Nc2ccccc2)n1)N1CCN(c2ccc(Cl)cc2)CC1. The van der Waals surface area contributed by atoms with Gasteiger partial charge in [0, 0.05) is 48.0 Å². The lowest BCUT2D eigenvalue weighted by molar-refractivity contribution is -0.130. The van der Waals surface area contributed by atoms with Gasteiger partial charge in [-0.3, -0.25) is 4.79 Å². The van der Waals surface area contributed by atoms with Crippen molar-refractivity contribution in [2.75, 3.05) is 36.4 Å². The summed E-state index contributed by atoms with van der Waals surface area (Å²) in [5, 5.41) is 6.77. The number of nitrogens with zero attached hydrogens (tertiary/aromatic N) is 3. The van der Waals surface area contributed by atoms with E-state index >= 15 is 0 Å². The number of para-hydroxylation sites is 1. The van der Waals surface area contributed by atoms with E-state index in [-0.39, 0.29) is 5.91 Å². The Morgan fingerprint density at radius 2 is 1.75 bits per heavy atom. The van der Waals surface area contributed by atoms with Crippen LogP contribution >= 0.6 is 22.9 Å². The van der Waals surface area contributed by atoms with E-state index in [1.54, 1.807) is 0 Å². The van der Waals surface area contributed by atoms with Gasteiger partial charge in [-0.15, -0.1) is 11.3 Å². The van der Waals surface area contributed by atoms with E-state index in [4.69, 9.17) is 11.6 Å². The number of benzene rings is 2. The van der Waals surface area contributed by atoms with Gasteiger partial charge in [0.25, 0.3) is 0 Å². The van der Waals surface area contributed by atoms with Crippen LogP contribution in [0.25, 0.3) is 0 Å². The smallest absolute Gasteiger partial charge is 0.228 e. The Morgan fingerprint density at radius 1 is 1.04 bits per heavy atom. The van der Waals surface area contributed by atoms with Crippen molar-refractivity contribution in [3.05, 3.63) is 70.7 Å².